The van der Waals surface area contributed by atoms with E-state index < -0.39 is 0 Å². The highest BCUT2D eigenvalue weighted by Gasteiger charge is 2.23. The average Bonchev–Trinajstić information content (AvgIpc) is 2.27. The Balaban J connectivity index is 2.28. The summed E-state index contributed by atoms with van der Waals surface area (Å²) >= 11 is 9.59. The molecule has 1 fully saturated rings. The van der Waals surface area contributed by atoms with Crippen molar-refractivity contribution in [2.24, 2.45) is 11.8 Å². The predicted octanol–water partition coefficient (Wildman–Crippen LogP) is 4.67. The molecular formula is C14H19BrClN. The van der Waals surface area contributed by atoms with Gasteiger partial charge in [-0.25, -0.2) is 0 Å². The minimum Gasteiger partial charge on any atom is -0.371 e. The smallest absolute Gasteiger partial charge is 0.0494 e. The summed E-state index contributed by atoms with van der Waals surface area (Å²) in [7, 11) is 0. The van der Waals surface area contributed by atoms with Crippen molar-refractivity contribution in [1.82, 2.24) is 0 Å². The number of piperidine rings is 1. The Bertz CT molecular complexity index is 384. The van der Waals surface area contributed by atoms with Crippen LogP contribution in [-0.4, -0.2) is 13.1 Å². The monoisotopic (exact) mass is 315 g/mol. The lowest BCUT2D eigenvalue weighted by molar-refractivity contribution is 0.356. The molecule has 0 spiro atoms. The van der Waals surface area contributed by atoms with Crippen molar-refractivity contribution in [3.05, 3.63) is 28.2 Å². The Hall–Kier alpha value is -0.210. The summed E-state index contributed by atoms with van der Waals surface area (Å²) in [5.74, 6) is 2.11. The highest BCUT2D eigenvalue weighted by molar-refractivity contribution is 9.10. The number of halogens is 2. The molecule has 1 aromatic rings. The number of benzene rings is 1. The molecule has 2 rings (SSSR count). The molecule has 1 saturated heterocycles. The largest absolute Gasteiger partial charge is 0.371 e. The fourth-order valence-electron chi connectivity index (χ4n) is 2.80. The third-order valence-electron chi connectivity index (χ3n) is 3.40. The molecule has 0 N–H and O–H groups in total. The van der Waals surface area contributed by atoms with E-state index in [4.69, 9.17) is 11.6 Å². The second-order valence-corrected chi connectivity index (χ2v) is 6.44. The van der Waals surface area contributed by atoms with Crippen LogP contribution in [0.25, 0.3) is 0 Å². The Morgan fingerprint density at radius 1 is 1.29 bits per heavy atom. The number of hydrogen-bond acceptors (Lipinski definition) is 1. The molecule has 0 aromatic heterocycles. The summed E-state index contributed by atoms with van der Waals surface area (Å²) in [6.45, 7) is 6.96. The van der Waals surface area contributed by atoms with Gasteiger partial charge in [0.15, 0.2) is 0 Å². The van der Waals surface area contributed by atoms with Crippen molar-refractivity contribution < 1.29 is 0 Å². The van der Waals surface area contributed by atoms with Crippen molar-refractivity contribution >= 4 is 33.2 Å². The molecule has 3 heteroatoms. The van der Waals surface area contributed by atoms with Gasteiger partial charge in [-0.05, 0) is 36.0 Å². The summed E-state index contributed by atoms with van der Waals surface area (Å²) in [6.07, 6.45) is 1.33. The second-order valence-electron chi connectivity index (χ2n) is 5.26. The summed E-state index contributed by atoms with van der Waals surface area (Å²) in [5, 5.41) is 0. The van der Waals surface area contributed by atoms with Gasteiger partial charge in [0.05, 0.1) is 0 Å². The van der Waals surface area contributed by atoms with Gasteiger partial charge in [-0.15, -0.1) is 11.6 Å². The lowest BCUT2D eigenvalue weighted by atomic mass is 9.91. The third-order valence-corrected chi connectivity index (χ3v) is 4.18. The molecule has 2 unspecified atom stereocenters. The molecular weight excluding hydrogens is 298 g/mol. The Morgan fingerprint density at radius 2 is 1.94 bits per heavy atom. The van der Waals surface area contributed by atoms with E-state index in [1.165, 1.54) is 17.7 Å². The Labute approximate surface area is 117 Å². The number of alkyl halides is 1. The van der Waals surface area contributed by atoms with E-state index in [-0.39, 0.29) is 0 Å². The molecule has 1 aliphatic rings. The van der Waals surface area contributed by atoms with Gasteiger partial charge in [-0.1, -0.05) is 35.8 Å². The maximum atomic E-state index is 6.03. The van der Waals surface area contributed by atoms with E-state index in [2.05, 4.69) is 52.9 Å². The number of rotatable bonds is 2. The predicted molar refractivity (Wildman–Crippen MR) is 78.9 cm³/mol. The first-order valence-corrected chi connectivity index (χ1v) is 7.52. The van der Waals surface area contributed by atoms with E-state index in [9.17, 15) is 0 Å². The lowest BCUT2D eigenvalue weighted by Crippen LogP contribution is -2.39. The fourth-order valence-corrected chi connectivity index (χ4v) is 3.38. The van der Waals surface area contributed by atoms with Gasteiger partial charge in [0.25, 0.3) is 0 Å². The van der Waals surface area contributed by atoms with E-state index in [1.807, 2.05) is 0 Å². The van der Waals surface area contributed by atoms with Crippen LogP contribution in [0.1, 0.15) is 25.8 Å². The average molecular weight is 317 g/mol. The zero-order valence-corrected chi connectivity index (χ0v) is 12.8. The van der Waals surface area contributed by atoms with Crippen LogP contribution in [0.4, 0.5) is 5.69 Å². The number of nitrogens with zero attached hydrogens (tertiary/aromatic N) is 1. The van der Waals surface area contributed by atoms with Gasteiger partial charge in [-0.3, -0.25) is 0 Å². The van der Waals surface area contributed by atoms with Crippen molar-refractivity contribution in [3.8, 4) is 0 Å². The van der Waals surface area contributed by atoms with Crippen LogP contribution in [0, 0.1) is 11.8 Å². The number of anilines is 1. The summed E-state index contributed by atoms with van der Waals surface area (Å²) in [6, 6.07) is 6.39. The van der Waals surface area contributed by atoms with Gasteiger partial charge in [0, 0.05) is 29.1 Å². The molecule has 1 aliphatic heterocycles. The van der Waals surface area contributed by atoms with Crippen molar-refractivity contribution in [1.29, 1.82) is 0 Å². The molecule has 0 radical (unpaired) electrons. The Kier molecular flexibility index (Phi) is 4.37. The zero-order chi connectivity index (χ0) is 12.4. The highest BCUT2D eigenvalue weighted by atomic mass is 79.9. The van der Waals surface area contributed by atoms with Crippen LogP contribution in [0.2, 0.25) is 0 Å². The quantitative estimate of drug-likeness (QED) is 0.717. The van der Waals surface area contributed by atoms with E-state index >= 15 is 0 Å². The van der Waals surface area contributed by atoms with Gasteiger partial charge >= 0.3 is 0 Å². The highest BCUT2D eigenvalue weighted by Crippen LogP contribution is 2.31. The fraction of sp³-hybridized carbons (Fsp3) is 0.571. The van der Waals surface area contributed by atoms with Crippen LogP contribution in [0.3, 0.4) is 0 Å². The first kappa shape index (κ1) is 13.2. The van der Waals surface area contributed by atoms with E-state index in [1.54, 1.807) is 0 Å². The number of hydrogen-bond donors (Lipinski definition) is 0. The molecule has 0 amide bonds. The van der Waals surface area contributed by atoms with Gasteiger partial charge < -0.3 is 4.90 Å². The molecule has 0 saturated carbocycles. The molecule has 1 nitrogen and oxygen atoms in total. The van der Waals surface area contributed by atoms with Crippen molar-refractivity contribution in [2.45, 2.75) is 26.1 Å². The molecule has 0 bridgehead atoms. The van der Waals surface area contributed by atoms with E-state index in [0.717, 1.165) is 29.4 Å². The van der Waals surface area contributed by atoms with Crippen molar-refractivity contribution in [2.75, 3.05) is 18.0 Å². The van der Waals surface area contributed by atoms with Gasteiger partial charge in [-0.2, -0.15) is 0 Å². The molecule has 0 aliphatic carbocycles. The lowest BCUT2D eigenvalue weighted by Gasteiger charge is -2.37. The standard InChI is InChI=1S/C14H19BrClN/c1-10-5-11(2)9-17(8-10)14-6-13(15)4-3-12(14)7-16/h3-4,6,10-11H,5,7-9H2,1-2H3. The summed E-state index contributed by atoms with van der Waals surface area (Å²) in [4.78, 5) is 2.49. The molecule has 1 heterocycles. The van der Waals surface area contributed by atoms with Crippen LogP contribution in [0.15, 0.2) is 22.7 Å². The summed E-state index contributed by atoms with van der Waals surface area (Å²) in [5.41, 5.74) is 2.53. The minimum absolute atomic E-state index is 0.585. The molecule has 1 aromatic carbocycles. The topological polar surface area (TPSA) is 3.24 Å². The van der Waals surface area contributed by atoms with E-state index in [0.29, 0.717) is 5.88 Å². The van der Waals surface area contributed by atoms with Gasteiger partial charge in [0.1, 0.15) is 0 Å². The SMILES string of the molecule is CC1CC(C)CN(c2cc(Br)ccc2CCl)C1. The van der Waals surface area contributed by atoms with Crippen LogP contribution in [-0.2, 0) is 5.88 Å². The maximum Gasteiger partial charge on any atom is 0.0494 e. The molecule has 17 heavy (non-hydrogen) atoms. The summed E-state index contributed by atoms with van der Waals surface area (Å²) < 4.78 is 1.13. The molecule has 94 valence electrons. The maximum absolute atomic E-state index is 6.03. The van der Waals surface area contributed by atoms with Crippen LogP contribution < -0.4 is 4.90 Å². The minimum atomic E-state index is 0.585. The second kappa shape index (κ2) is 5.62. The van der Waals surface area contributed by atoms with Crippen LogP contribution in [0.5, 0.6) is 0 Å². The third kappa shape index (κ3) is 3.17. The first-order chi connectivity index (χ1) is 8.10. The first-order valence-electron chi connectivity index (χ1n) is 6.19. The normalized spacial score (nSPS) is 25.1. The molecule has 2 atom stereocenters. The van der Waals surface area contributed by atoms with Crippen LogP contribution >= 0.6 is 27.5 Å². The Morgan fingerprint density at radius 3 is 2.53 bits per heavy atom. The zero-order valence-electron chi connectivity index (χ0n) is 10.4. The van der Waals surface area contributed by atoms with Gasteiger partial charge in [0.2, 0.25) is 0 Å². The van der Waals surface area contributed by atoms with Crippen molar-refractivity contribution in [3.63, 3.8) is 0 Å².